The van der Waals surface area contributed by atoms with Gasteiger partial charge in [0.15, 0.2) is 5.82 Å². The van der Waals surface area contributed by atoms with Crippen molar-refractivity contribution >= 4 is 0 Å². The van der Waals surface area contributed by atoms with Crippen molar-refractivity contribution in [2.45, 2.75) is 32.7 Å². The summed E-state index contributed by atoms with van der Waals surface area (Å²) in [6, 6.07) is 0. The molecule has 0 amide bonds. The summed E-state index contributed by atoms with van der Waals surface area (Å²) in [7, 11) is 0. The van der Waals surface area contributed by atoms with Crippen LogP contribution in [0.3, 0.4) is 0 Å². The molecule has 0 fully saturated rings. The lowest BCUT2D eigenvalue weighted by atomic mass is 10.1. The van der Waals surface area contributed by atoms with Gasteiger partial charge >= 0.3 is 0 Å². The van der Waals surface area contributed by atoms with Crippen molar-refractivity contribution in [1.29, 1.82) is 0 Å². The van der Waals surface area contributed by atoms with Gasteiger partial charge in [0.1, 0.15) is 0 Å². The van der Waals surface area contributed by atoms with Crippen LogP contribution in [-0.2, 0) is 6.54 Å². The summed E-state index contributed by atoms with van der Waals surface area (Å²) in [6.45, 7) is 5.51. The standard InChI is InChI=1S/C7H15N5/c1-3-6(2)7-9-10-11-12(7)5-4-8/h6H,3-5,8H2,1-2H3. The van der Waals surface area contributed by atoms with Crippen molar-refractivity contribution in [3.63, 3.8) is 0 Å². The minimum absolute atomic E-state index is 0.409. The molecule has 2 N–H and O–H groups in total. The zero-order valence-corrected chi connectivity index (χ0v) is 7.56. The van der Waals surface area contributed by atoms with Gasteiger partial charge in [0.05, 0.1) is 6.54 Å². The molecule has 0 radical (unpaired) electrons. The summed E-state index contributed by atoms with van der Waals surface area (Å²) in [5.74, 6) is 1.34. The van der Waals surface area contributed by atoms with E-state index in [0.29, 0.717) is 19.0 Å². The first-order chi connectivity index (χ1) is 5.79. The van der Waals surface area contributed by atoms with E-state index in [0.717, 1.165) is 12.2 Å². The lowest BCUT2D eigenvalue weighted by molar-refractivity contribution is 0.539. The molecule has 1 unspecified atom stereocenters. The van der Waals surface area contributed by atoms with Gasteiger partial charge < -0.3 is 5.73 Å². The van der Waals surface area contributed by atoms with Gasteiger partial charge in [-0.1, -0.05) is 13.8 Å². The highest BCUT2D eigenvalue weighted by Crippen LogP contribution is 2.13. The molecule has 0 aliphatic carbocycles. The third-order valence-corrected chi connectivity index (χ3v) is 1.95. The van der Waals surface area contributed by atoms with E-state index in [9.17, 15) is 0 Å². The molecule has 1 aromatic heterocycles. The molecule has 0 aliphatic rings. The maximum absolute atomic E-state index is 5.41. The molecule has 1 rings (SSSR count). The average Bonchev–Trinajstić information content (AvgIpc) is 2.52. The predicted octanol–water partition coefficient (Wildman–Crippen LogP) is 0.145. The first-order valence-corrected chi connectivity index (χ1v) is 4.25. The Labute approximate surface area is 71.9 Å². The van der Waals surface area contributed by atoms with E-state index in [2.05, 4.69) is 29.4 Å². The number of aromatic nitrogens is 4. The fourth-order valence-electron chi connectivity index (χ4n) is 1.03. The van der Waals surface area contributed by atoms with Crippen LogP contribution in [0.15, 0.2) is 0 Å². The summed E-state index contributed by atoms with van der Waals surface area (Å²) in [6.07, 6.45) is 1.05. The van der Waals surface area contributed by atoms with Gasteiger partial charge in [-0.15, -0.1) is 5.10 Å². The smallest absolute Gasteiger partial charge is 0.154 e. The van der Waals surface area contributed by atoms with Gasteiger partial charge in [0.2, 0.25) is 0 Å². The zero-order chi connectivity index (χ0) is 8.97. The maximum Gasteiger partial charge on any atom is 0.154 e. The van der Waals surface area contributed by atoms with Crippen LogP contribution >= 0.6 is 0 Å². The van der Waals surface area contributed by atoms with E-state index in [1.165, 1.54) is 0 Å². The lowest BCUT2D eigenvalue weighted by Gasteiger charge is -2.07. The van der Waals surface area contributed by atoms with Gasteiger partial charge in [0, 0.05) is 12.5 Å². The van der Waals surface area contributed by atoms with Gasteiger partial charge in [-0.25, -0.2) is 4.68 Å². The SMILES string of the molecule is CCC(C)c1nnnn1CCN. The van der Waals surface area contributed by atoms with Gasteiger partial charge in [-0.3, -0.25) is 0 Å². The maximum atomic E-state index is 5.41. The van der Waals surface area contributed by atoms with Crippen LogP contribution in [0, 0.1) is 0 Å². The molecular formula is C7H15N5. The molecule has 1 atom stereocenters. The van der Waals surface area contributed by atoms with Crippen LogP contribution in [0.25, 0.3) is 0 Å². The topological polar surface area (TPSA) is 69.6 Å². The lowest BCUT2D eigenvalue weighted by Crippen LogP contribution is -2.15. The molecule has 0 aromatic carbocycles. The highest BCUT2D eigenvalue weighted by atomic mass is 15.5. The van der Waals surface area contributed by atoms with E-state index in [1.807, 2.05) is 0 Å². The zero-order valence-electron chi connectivity index (χ0n) is 7.56. The first kappa shape index (κ1) is 9.12. The van der Waals surface area contributed by atoms with Crippen molar-refractivity contribution in [2.24, 2.45) is 5.73 Å². The van der Waals surface area contributed by atoms with Crippen molar-refractivity contribution in [2.75, 3.05) is 6.54 Å². The second kappa shape index (κ2) is 4.15. The van der Waals surface area contributed by atoms with Gasteiger partial charge in [-0.2, -0.15) is 0 Å². The molecule has 5 nitrogen and oxygen atoms in total. The molecule has 0 saturated carbocycles. The van der Waals surface area contributed by atoms with E-state index in [-0.39, 0.29) is 0 Å². The Morgan fingerprint density at radius 2 is 2.33 bits per heavy atom. The second-order valence-electron chi connectivity index (χ2n) is 2.86. The number of tetrazole rings is 1. The predicted molar refractivity (Wildman–Crippen MR) is 45.6 cm³/mol. The Morgan fingerprint density at radius 1 is 1.58 bits per heavy atom. The molecule has 5 heteroatoms. The number of rotatable bonds is 4. The van der Waals surface area contributed by atoms with Gasteiger partial charge in [-0.05, 0) is 16.8 Å². The highest BCUT2D eigenvalue weighted by molar-refractivity contribution is 4.90. The quantitative estimate of drug-likeness (QED) is 0.696. The van der Waals surface area contributed by atoms with Crippen LogP contribution < -0.4 is 5.73 Å². The number of hydrogen-bond acceptors (Lipinski definition) is 4. The Hall–Kier alpha value is -0.970. The largest absolute Gasteiger partial charge is 0.329 e. The number of hydrogen-bond donors (Lipinski definition) is 1. The molecule has 1 aromatic rings. The monoisotopic (exact) mass is 169 g/mol. The van der Waals surface area contributed by atoms with Crippen LogP contribution in [0.1, 0.15) is 32.0 Å². The Balaban J connectivity index is 2.76. The van der Waals surface area contributed by atoms with Crippen molar-refractivity contribution < 1.29 is 0 Å². The molecular weight excluding hydrogens is 154 g/mol. The molecule has 1 heterocycles. The molecule has 0 saturated heterocycles. The van der Waals surface area contributed by atoms with E-state index >= 15 is 0 Å². The van der Waals surface area contributed by atoms with E-state index in [1.54, 1.807) is 4.68 Å². The fraction of sp³-hybridized carbons (Fsp3) is 0.857. The van der Waals surface area contributed by atoms with Gasteiger partial charge in [0.25, 0.3) is 0 Å². The number of nitrogens with zero attached hydrogens (tertiary/aromatic N) is 4. The van der Waals surface area contributed by atoms with Crippen LogP contribution in [0.5, 0.6) is 0 Å². The first-order valence-electron chi connectivity index (χ1n) is 4.25. The Kier molecular flexibility index (Phi) is 3.16. The molecule has 0 bridgehead atoms. The third-order valence-electron chi connectivity index (χ3n) is 1.95. The normalized spacial score (nSPS) is 13.2. The van der Waals surface area contributed by atoms with Crippen LogP contribution in [-0.4, -0.2) is 26.8 Å². The average molecular weight is 169 g/mol. The molecule has 12 heavy (non-hydrogen) atoms. The number of nitrogens with two attached hydrogens (primary N) is 1. The Morgan fingerprint density at radius 3 is 2.92 bits per heavy atom. The van der Waals surface area contributed by atoms with E-state index in [4.69, 9.17) is 5.73 Å². The fourth-order valence-corrected chi connectivity index (χ4v) is 1.03. The van der Waals surface area contributed by atoms with Crippen molar-refractivity contribution in [3.8, 4) is 0 Å². The second-order valence-corrected chi connectivity index (χ2v) is 2.86. The molecule has 68 valence electrons. The van der Waals surface area contributed by atoms with Crippen LogP contribution in [0.4, 0.5) is 0 Å². The minimum Gasteiger partial charge on any atom is -0.329 e. The van der Waals surface area contributed by atoms with E-state index < -0.39 is 0 Å². The summed E-state index contributed by atoms with van der Waals surface area (Å²) in [4.78, 5) is 0. The summed E-state index contributed by atoms with van der Waals surface area (Å²) in [5, 5.41) is 11.4. The third kappa shape index (κ3) is 1.79. The summed E-state index contributed by atoms with van der Waals surface area (Å²) < 4.78 is 1.77. The summed E-state index contributed by atoms with van der Waals surface area (Å²) >= 11 is 0. The molecule has 0 spiro atoms. The van der Waals surface area contributed by atoms with Crippen molar-refractivity contribution in [3.05, 3.63) is 5.82 Å². The molecule has 0 aliphatic heterocycles. The Bertz CT molecular complexity index is 231. The summed E-state index contributed by atoms with van der Waals surface area (Å²) in [5.41, 5.74) is 5.41. The van der Waals surface area contributed by atoms with Crippen LogP contribution in [0.2, 0.25) is 0 Å². The highest BCUT2D eigenvalue weighted by Gasteiger charge is 2.11. The minimum atomic E-state index is 0.409. The van der Waals surface area contributed by atoms with Crippen molar-refractivity contribution in [1.82, 2.24) is 20.2 Å².